The highest BCUT2D eigenvalue weighted by Crippen LogP contribution is 2.34. The van der Waals surface area contributed by atoms with Gasteiger partial charge in [0.05, 0.1) is 7.11 Å². The first-order valence-electron chi connectivity index (χ1n) is 3.91. The van der Waals surface area contributed by atoms with Gasteiger partial charge in [-0.2, -0.15) is 0 Å². The minimum absolute atomic E-state index is 0.0139. The maximum absolute atomic E-state index is 11.2. The molecule has 1 fully saturated rings. The highest BCUT2D eigenvalue weighted by atomic mass is 16.5. The molecule has 0 aromatic carbocycles. The molecular formula is C8H15NO2. The second kappa shape index (κ2) is 3.22. The number of carbonyl (C=O) groups is 1. The van der Waals surface area contributed by atoms with Gasteiger partial charge in [0.15, 0.2) is 0 Å². The lowest BCUT2D eigenvalue weighted by molar-refractivity contribution is -0.146. The van der Waals surface area contributed by atoms with Crippen LogP contribution in [0.1, 0.15) is 12.8 Å². The summed E-state index contributed by atoms with van der Waals surface area (Å²) in [5.41, 5.74) is 0. The number of hydrogen-bond acceptors (Lipinski definition) is 3. The minimum atomic E-state index is -0.0995. The molecule has 11 heavy (non-hydrogen) atoms. The van der Waals surface area contributed by atoms with E-state index in [1.807, 2.05) is 19.0 Å². The molecule has 0 aromatic heterocycles. The van der Waals surface area contributed by atoms with Gasteiger partial charge in [0.1, 0.15) is 6.04 Å². The van der Waals surface area contributed by atoms with Crippen LogP contribution < -0.4 is 0 Å². The summed E-state index contributed by atoms with van der Waals surface area (Å²) in [7, 11) is 5.28. The van der Waals surface area contributed by atoms with Gasteiger partial charge < -0.3 is 4.74 Å². The van der Waals surface area contributed by atoms with Gasteiger partial charge in [-0.05, 0) is 32.9 Å². The van der Waals surface area contributed by atoms with Crippen molar-refractivity contribution in [2.45, 2.75) is 18.9 Å². The first kappa shape index (κ1) is 8.53. The highest BCUT2D eigenvalue weighted by Gasteiger charge is 2.38. The summed E-state index contributed by atoms with van der Waals surface area (Å²) in [6, 6.07) is -0.0139. The highest BCUT2D eigenvalue weighted by molar-refractivity contribution is 5.76. The molecule has 0 amide bonds. The smallest absolute Gasteiger partial charge is 0.323 e. The fourth-order valence-electron chi connectivity index (χ4n) is 1.36. The second-order valence-corrected chi connectivity index (χ2v) is 3.27. The summed E-state index contributed by atoms with van der Waals surface area (Å²) >= 11 is 0. The van der Waals surface area contributed by atoms with Gasteiger partial charge in [-0.25, -0.2) is 0 Å². The molecular weight excluding hydrogens is 142 g/mol. The first-order chi connectivity index (χ1) is 5.16. The number of nitrogens with zero attached hydrogens (tertiary/aromatic N) is 1. The fraction of sp³-hybridized carbons (Fsp3) is 0.875. The zero-order valence-electron chi connectivity index (χ0n) is 7.33. The fourth-order valence-corrected chi connectivity index (χ4v) is 1.36. The van der Waals surface area contributed by atoms with Crippen LogP contribution >= 0.6 is 0 Å². The quantitative estimate of drug-likeness (QED) is 0.559. The van der Waals surface area contributed by atoms with Crippen molar-refractivity contribution in [3.63, 3.8) is 0 Å². The molecule has 1 aliphatic rings. The molecule has 3 nitrogen and oxygen atoms in total. The van der Waals surface area contributed by atoms with E-state index in [1.54, 1.807) is 0 Å². The van der Waals surface area contributed by atoms with E-state index in [-0.39, 0.29) is 12.0 Å². The number of carbonyl (C=O) groups excluding carboxylic acids is 1. The standard InChI is InChI=1S/C8H15NO2/c1-9(2)7(6-4-5-6)8(10)11-3/h6-7H,4-5H2,1-3H3. The van der Waals surface area contributed by atoms with E-state index in [4.69, 9.17) is 4.74 Å². The van der Waals surface area contributed by atoms with E-state index in [0.29, 0.717) is 5.92 Å². The molecule has 1 saturated carbocycles. The van der Waals surface area contributed by atoms with Crippen LogP contribution in [0.3, 0.4) is 0 Å². The Kier molecular flexibility index (Phi) is 2.49. The Hall–Kier alpha value is -0.570. The van der Waals surface area contributed by atoms with Crippen LogP contribution in [0.25, 0.3) is 0 Å². The van der Waals surface area contributed by atoms with Crippen LogP contribution in [-0.2, 0) is 9.53 Å². The molecule has 1 aliphatic carbocycles. The largest absolute Gasteiger partial charge is 0.468 e. The molecule has 0 N–H and O–H groups in total. The molecule has 3 heteroatoms. The van der Waals surface area contributed by atoms with E-state index < -0.39 is 0 Å². The van der Waals surface area contributed by atoms with Crippen LogP contribution in [0.2, 0.25) is 0 Å². The Labute approximate surface area is 67.3 Å². The molecule has 1 rings (SSSR count). The molecule has 0 saturated heterocycles. The van der Waals surface area contributed by atoms with Crippen LogP contribution in [0, 0.1) is 5.92 Å². The maximum atomic E-state index is 11.2. The Balaban J connectivity index is 2.51. The van der Waals surface area contributed by atoms with Gasteiger partial charge in [-0.1, -0.05) is 0 Å². The van der Waals surface area contributed by atoms with E-state index in [2.05, 4.69) is 0 Å². The Morgan fingerprint density at radius 3 is 2.36 bits per heavy atom. The lowest BCUT2D eigenvalue weighted by atomic mass is 10.2. The SMILES string of the molecule is COC(=O)C(C1CC1)N(C)C. The summed E-state index contributed by atoms with van der Waals surface area (Å²) in [6.45, 7) is 0. The summed E-state index contributed by atoms with van der Waals surface area (Å²) in [5.74, 6) is 0.440. The monoisotopic (exact) mass is 157 g/mol. The van der Waals surface area contributed by atoms with Crippen molar-refractivity contribution in [1.82, 2.24) is 4.90 Å². The number of methoxy groups -OCH3 is 1. The van der Waals surface area contributed by atoms with Gasteiger partial charge in [-0.3, -0.25) is 9.69 Å². The van der Waals surface area contributed by atoms with Crippen molar-refractivity contribution in [2.24, 2.45) is 5.92 Å². The van der Waals surface area contributed by atoms with Crippen molar-refractivity contribution < 1.29 is 9.53 Å². The maximum Gasteiger partial charge on any atom is 0.323 e. The summed E-state index contributed by atoms with van der Waals surface area (Å²) in [4.78, 5) is 13.1. The number of likely N-dealkylation sites (N-methyl/N-ethyl adjacent to an activating group) is 1. The Morgan fingerprint density at radius 1 is 1.55 bits per heavy atom. The predicted molar refractivity (Wildman–Crippen MR) is 42.2 cm³/mol. The van der Waals surface area contributed by atoms with Crippen molar-refractivity contribution in [3.05, 3.63) is 0 Å². The Bertz CT molecular complexity index is 150. The van der Waals surface area contributed by atoms with Crippen LogP contribution in [0.5, 0.6) is 0 Å². The zero-order valence-corrected chi connectivity index (χ0v) is 7.33. The average Bonchev–Trinajstić information content (AvgIpc) is 2.71. The molecule has 0 aromatic rings. The van der Waals surface area contributed by atoms with Crippen LogP contribution in [-0.4, -0.2) is 38.1 Å². The third-order valence-corrected chi connectivity index (χ3v) is 2.07. The number of rotatable bonds is 3. The zero-order chi connectivity index (χ0) is 8.43. The number of esters is 1. The van der Waals surface area contributed by atoms with Crippen LogP contribution in [0.4, 0.5) is 0 Å². The average molecular weight is 157 g/mol. The van der Waals surface area contributed by atoms with E-state index in [1.165, 1.54) is 7.11 Å². The topological polar surface area (TPSA) is 29.5 Å². The third kappa shape index (κ3) is 1.93. The minimum Gasteiger partial charge on any atom is -0.468 e. The van der Waals surface area contributed by atoms with Gasteiger partial charge in [0, 0.05) is 0 Å². The van der Waals surface area contributed by atoms with Gasteiger partial charge >= 0.3 is 5.97 Å². The molecule has 0 radical (unpaired) electrons. The summed E-state index contributed by atoms with van der Waals surface area (Å²) in [5, 5.41) is 0. The molecule has 0 aliphatic heterocycles. The summed E-state index contributed by atoms with van der Waals surface area (Å²) < 4.78 is 4.69. The van der Waals surface area contributed by atoms with E-state index in [0.717, 1.165) is 12.8 Å². The van der Waals surface area contributed by atoms with Crippen molar-refractivity contribution >= 4 is 5.97 Å². The third-order valence-electron chi connectivity index (χ3n) is 2.07. The number of hydrogen-bond donors (Lipinski definition) is 0. The molecule has 0 spiro atoms. The Morgan fingerprint density at radius 2 is 2.09 bits per heavy atom. The molecule has 1 atom stereocenters. The lowest BCUT2D eigenvalue weighted by Crippen LogP contribution is -2.38. The van der Waals surface area contributed by atoms with Crippen molar-refractivity contribution in [3.8, 4) is 0 Å². The molecule has 0 bridgehead atoms. The van der Waals surface area contributed by atoms with Crippen molar-refractivity contribution in [2.75, 3.05) is 21.2 Å². The normalized spacial score (nSPS) is 20.0. The molecule has 0 heterocycles. The van der Waals surface area contributed by atoms with Gasteiger partial charge in [-0.15, -0.1) is 0 Å². The lowest BCUT2D eigenvalue weighted by Gasteiger charge is -2.20. The first-order valence-corrected chi connectivity index (χ1v) is 3.91. The van der Waals surface area contributed by atoms with Gasteiger partial charge in [0.2, 0.25) is 0 Å². The predicted octanol–water partition coefficient (Wildman–Crippen LogP) is 0.500. The molecule has 64 valence electrons. The summed E-state index contributed by atoms with van der Waals surface area (Å²) in [6.07, 6.45) is 2.33. The van der Waals surface area contributed by atoms with Crippen molar-refractivity contribution in [1.29, 1.82) is 0 Å². The second-order valence-electron chi connectivity index (χ2n) is 3.27. The van der Waals surface area contributed by atoms with E-state index >= 15 is 0 Å². The number of ether oxygens (including phenoxy) is 1. The van der Waals surface area contributed by atoms with E-state index in [9.17, 15) is 4.79 Å². The van der Waals surface area contributed by atoms with Crippen LogP contribution in [0.15, 0.2) is 0 Å². The molecule has 1 unspecified atom stereocenters. The van der Waals surface area contributed by atoms with Gasteiger partial charge in [0.25, 0.3) is 0 Å².